The molecule has 6 heteroatoms. The van der Waals surface area contributed by atoms with Crippen molar-refractivity contribution in [1.82, 2.24) is 14.9 Å². The van der Waals surface area contributed by atoms with Crippen molar-refractivity contribution in [1.29, 1.82) is 0 Å². The smallest absolute Gasteiger partial charge is 0.276 e. The van der Waals surface area contributed by atoms with E-state index in [-0.39, 0.29) is 11.8 Å². The van der Waals surface area contributed by atoms with E-state index in [0.29, 0.717) is 17.4 Å². The van der Waals surface area contributed by atoms with Crippen LogP contribution in [0.1, 0.15) is 72.4 Å². The van der Waals surface area contributed by atoms with Crippen molar-refractivity contribution in [3.05, 3.63) is 33.9 Å². The maximum Gasteiger partial charge on any atom is 0.276 e. The van der Waals surface area contributed by atoms with Gasteiger partial charge in [0.05, 0.1) is 10.7 Å². The molecule has 0 N–H and O–H groups in total. The van der Waals surface area contributed by atoms with Crippen LogP contribution in [-0.4, -0.2) is 33.9 Å². The summed E-state index contributed by atoms with van der Waals surface area (Å²) in [5.74, 6) is 1.16. The van der Waals surface area contributed by atoms with Crippen molar-refractivity contribution in [3.8, 4) is 0 Å². The minimum absolute atomic E-state index is 0.0144. The van der Waals surface area contributed by atoms with Gasteiger partial charge in [0.25, 0.3) is 5.91 Å². The van der Waals surface area contributed by atoms with Crippen molar-refractivity contribution in [3.63, 3.8) is 0 Å². The minimum atomic E-state index is -0.0144. The van der Waals surface area contributed by atoms with E-state index in [1.807, 2.05) is 18.7 Å². The Bertz CT molecular complexity index is 677. The SMILES string of the molecule is CCc1csc([C@H]2CCCN(C(=O)c3ncoc3C(C)C)C2)n1. The molecule has 0 radical (unpaired) electrons. The highest BCUT2D eigenvalue weighted by Gasteiger charge is 2.30. The van der Waals surface area contributed by atoms with Gasteiger partial charge in [0.1, 0.15) is 5.76 Å². The molecule has 1 aliphatic heterocycles. The Morgan fingerprint density at radius 3 is 3.04 bits per heavy atom. The van der Waals surface area contributed by atoms with Crippen LogP contribution >= 0.6 is 11.3 Å². The van der Waals surface area contributed by atoms with E-state index in [9.17, 15) is 4.79 Å². The van der Waals surface area contributed by atoms with E-state index in [4.69, 9.17) is 9.40 Å². The van der Waals surface area contributed by atoms with Crippen LogP contribution in [0.3, 0.4) is 0 Å². The van der Waals surface area contributed by atoms with Crippen molar-refractivity contribution in [2.24, 2.45) is 0 Å². The molecule has 0 unspecified atom stereocenters. The molecule has 0 aliphatic carbocycles. The number of oxazole rings is 1. The first kappa shape index (κ1) is 16.2. The number of piperidine rings is 1. The summed E-state index contributed by atoms with van der Waals surface area (Å²) < 4.78 is 5.40. The summed E-state index contributed by atoms with van der Waals surface area (Å²) in [6.45, 7) is 7.65. The molecular weight excluding hydrogens is 310 g/mol. The number of likely N-dealkylation sites (tertiary alicyclic amines) is 1. The second kappa shape index (κ2) is 6.83. The predicted octanol–water partition coefficient (Wildman–Crippen LogP) is 3.84. The maximum atomic E-state index is 12.8. The Kier molecular flexibility index (Phi) is 4.80. The van der Waals surface area contributed by atoms with Crippen LogP contribution in [0.2, 0.25) is 0 Å². The van der Waals surface area contributed by atoms with E-state index in [1.54, 1.807) is 11.3 Å². The Balaban J connectivity index is 1.75. The molecule has 23 heavy (non-hydrogen) atoms. The number of aryl methyl sites for hydroxylation is 1. The lowest BCUT2D eigenvalue weighted by molar-refractivity contribution is 0.0699. The van der Waals surface area contributed by atoms with Crippen LogP contribution in [0.15, 0.2) is 16.2 Å². The summed E-state index contributed by atoms with van der Waals surface area (Å²) in [5.41, 5.74) is 1.61. The third kappa shape index (κ3) is 3.32. The normalized spacial score (nSPS) is 18.6. The van der Waals surface area contributed by atoms with Gasteiger partial charge in [0, 0.05) is 30.3 Å². The summed E-state index contributed by atoms with van der Waals surface area (Å²) in [6, 6.07) is 0. The summed E-state index contributed by atoms with van der Waals surface area (Å²) in [4.78, 5) is 23.6. The molecule has 3 rings (SSSR count). The fourth-order valence-corrected chi connectivity index (χ4v) is 4.04. The highest BCUT2D eigenvalue weighted by atomic mass is 32.1. The first-order valence-electron chi connectivity index (χ1n) is 8.27. The third-order valence-corrected chi connectivity index (χ3v) is 5.37. The van der Waals surface area contributed by atoms with Crippen molar-refractivity contribution in [2.75, 3.05) is 13.1 Å². The second-order valence-electron chi connectivity index (χ2n) is 6.34. The Morgan fingerprint density at radius 1 is 1.52 bits per heavy atom. The van der Waals surface area contributed by atoms with Gasteiger partial charge in [-0.2, -0.15) is 0 Å². The molecule has 2 aromatic heterocycles. The van der Waals surface area contributed by atoms with E-state index < -0.39 is 0 Å². The van der Waals surface area contributed by atoms with E-state index in [0.717, 1.165) is 43.1 Å². The standard InChI is InChI=1S/C17H23N3O2S/c1-4-13-9-23-16(19-13)12-6-5-7-20(8-12)17(21)14-15(11(2)3)22-10-18-14/h9-12H,4-8H2,1-3H3/t12-/m0/s1. The van der Waals surface area contributed by atoms with Crippen LogP contribution in [0.4, 0.5) is 0 Å². The number of thiazole rings is 1. The van der Waals surface area contributed by atoms with Crippen LogP contribution in [0, 0.1) is 0 Å². The number of hydrogen-bond donors (Lipinski definition) is 0. The van der Waals surface area contributed by atoms with Crippen LogP contribution < -0.4 is 0 Å². The molecule has 1 aliphatic rings. The number of nitrogens with zero attached hydrogens (tertiary/aromatic N) is 3. The van der Waals surface area contributed by atoms with Gasteiger partial charge in [0.15, 0.2) is 12.1 Å². The first-order valence-corrected chi connectivity index (χ1v) is 9.15. The number of hydrogen-bond acceptors (Lipinski definition) is 5. The largest absolute Gasteiger partial charge is 0.447 e. The van der Waals surface area contributed by atoms with Crippen LogP contribution in [0.25, 0.3) is 0 Å². The lowest BCUT2D eigenvalue weighted by Crippen LogP contribution is -2.39. The molecule has 1 amide bonds. The monoisotopic (exact) mass is 333 g/mol. The van der Waals surface area contributed by atoms with Gasteiger partial charge in [0.2, 0.25) is 0 Å². The summed E-state index contributed by atoms with van der Waals surface area (Å²) in [7, 11) is 0. The average Bonchev–Trinajstić information content (AvgIpc) is 3.23. The molecule has 3 heterocycles. The number of carbonyl (C=O) groups is 1. The second-order valence-corrected chi connectivity index (χ2v) is 7.23. The lowest BCUT2D eigenvalue weighted by atomic mass is 9.98. The summed E-state index contributed by atoms with van der Waals surface area (Å²) >= 11 is 1.72. The first-order chi connectivity index (χ1) is 11.1. The molecule has 0 aromatic carbocycles. The fraction of sp³-hybridized carbons (Fsp3) is 0.588. The third-order valence-electron chi connectivity index (χ3n) is 4.31. The highest BCUT2D eigenvalue weighted by molar-refractivity contribution is 7.09. The van der Waals surface area contributed by atoms with E-state index >= 15 is 0 Å². The Morgan fingerprint density at radius 2 is 2.35 bits per heavy atom. The van der Waals surface area contributed by atoms with E-state index in [2.05, 4.69) is 17.3 Å². The van der Waals surface area contributed by atoms with Crippen molar-refractivity contribution in [2.45, 2.75) is 51.9 Å². The van der Waals surface area contributed by atoms with Crippen LogP contribution in [0.5, 0.6) is 0 Å². The van der Waals surface area contributed by atoms with Gasteiger partial charge in [-0.25, -0.2) is 9.97 Å². The molecular formula is C17H23N3O2S. The minimum Gasteiger partial charge on any atom is -0.447 e. The van der Waals surface area contributed by atoms with Gasteiger partial charge in [-0.05, 0) is 19.3 Å². The molecule has 5 nitrogen and oxygen atoms in total. The van der Waals surface area contributed by atoms with Gasteiger partial charge < -0.3 is 9.32 Å². The average molecular weight is 333 g/mol. The number of carbonyl (C=O) groups excluding carboxylic acids is 1. The van der Waals surface area contributed by atoms with Crippen molar-refractivity contribution < 1.29 is 9.21 Å². The molecule has 1 atom stereocenters. The molecule has 0 spiro atoms. The topological polar surface area (TPSA) is 59.2 Å². The van der Waals surface area contributed by atoms with Crippen molar-refractivity contribution >= 4 is 17.2 Å². The number of amides is 1. The van der Waals surface area contributed by atoms with Gasteiger partial charge in [-0.3, -0.25) is 4.79 Å². The quantitative estimate of drug-likeness (QED) is 0.853. The summed E-state index contributed by atoms with van der Waals surface area (Å²) in [6.07, 6.45) is 4.43. The zero-order chi connectivity index (χ0) is 16.4. The Hall–Kier alpha value is -1.69. The lowest BCUT2D eigenvalue weighted by Gasteiger charge is -2.31. The van der Waals surface area contributed by atoms with Crippen LogP contribution in [-0.2, 0) is 6.42 Å². The van der Waals surface area contributed by atoms with Gasteiger partial charge in [-0.15, -0.1) is 11.3 Å². The Labute approximate surface area is 140 Å². The number of rotatable bonds is 4. The zero-order valence-corrected chi connectivity index (χ0v) is 14.7. The highest BCUT2D eigenvalue weighted by Crippen LogP contribution is 2.30. The molecule has 124 valence electrons. The maximum absolute atomic E-state index is 12.8. The molecule has 1 saturated heterocycles. The predicted molar refractivity (Wildman–Crippen MR) is 90.0 cm³/mol. The zero-order valence-electron chi connectivity index (χ0n) is 13.9. The molecule has 1 fully saturated rings. The summed E-state index contributed by atoms with van der Waals surface area (Å²) in [5, 5.41) is 3.29. The van der Waals surface area contributed by atoms with E-state index in [1.165, 1.54) is 6.39 Å². The van der Waals surface area contributed by atoms with Gasteiger partial charge in [-0.1, -0.05) is 20.8 Å². The van der Waals surface area contributed by atoms with Gasteiger partial charge >= 0.3 is 0 Å². The molecule has 0 bridgehead atoms. The molecule has 0 saturated carbocycles. The number of aromatic nitrogens is 2. The molecule has 2 aromatic rings. The fourth-order valence-electron chi connectivity index (χ4n) is 3.01.